The van der Waals surface area contributed by atoms with Crippen LogP contribution in [0.2, 0.25) is 0 Å². The minimum atomic E-state index is 0.752. The van der Waals surface area contributed by atoms with Gasteiger partial charge in [0.1, 0.15) is 0 Å². The molecule has 2 rings (SSSR count). The normalized spacial score (nSPS) is 10.9. The molecule has 90 valence electrons. The van der Waals surface area contributed by atoms with Crippen molar-refractivity contribution in [3.63, 3.8) is 0 Å². The molecule has 0 atom stereocenters. The van der Waals surface area contributed by atoms with E-state index in [2.05, 4.69) is 18.0 Å². The third-order valence-electron chi connectivity index (χ3n) is 3.24. The molecular formula is C15H19NO. The van der Waals surface area contributed by atoms with Gasteiger partial charge in [0.05, 0.1) is 5.69 Å². The summed E-state index contributed by atoms with van der Waals surface area (Å²) < 4.78 is 0. The van der Waals surface area contributed by atoms with E-state index in [4.69, 9.17) is 0 Å². The number of fused-ring (bicyclic) bond motifs is 1. The van der Waals surface area contributed by atoms with E-state index in [1.807, 2.05) is 18.2 Å². The minimum Gasteiger partial charge on any atom is -0.352 e. The zero-order valence-electron chi connectivity index (χ0n) is 10.3. The van der Waals surface area contributed by atoms with Crippen LogP contribution in [0.4, 0.5) is 0 Å². The average Bonchev–Trinajstić information content (AvgIpc) is 2.73. The molecule has 0 radical (unpaired) electrons. The van der Waals surface area contributed by atoms with Crippen molar-refractivity contribution < 1.29 is 4.79 Å². The summed E-state index contributed by atoms with van der Waals surface area (Å²) in [6.07, 6.45) is 6.87. The third-order valence-corrected chi connectivity index (χ3v) is 3.24. The maximum atomic E-state index is 11.1. The molecule has 0 aliphatic rings. The molecule has 0 aliphatic heterocycles. The Hall–Kier alpha value is -1.57. The second-order valence-corrected chi connectivity index (χ2v) is 4.49. The van der Waals surface area contributed by atoms with Gasteiger partial charge in [0, 0.05) is 10.9 Å². The molecule has 1 heterocycles. The molecule has 17 heavy (non-hydrogen) atoms. The van der Waals surface area contributed by atoms with Gasteiger partial charge in [-0.15, -0.1) is 0 Å². The largest absolute Gasteiger partial charge is 0.352 e. The summed E-state index contributed by atoms with van der Waals surface area (Å²) in [6, 6.07) is 8.14. The number of H-pyrrole nitrogens is 1. The van der Waals surface area contributed by atoms with Gasteiger partial charge in [0.2, 0.25) is 0 Å². The quantitative estimate of drug-likeness (QED) is 0.587. The number of unbranched alkanes of at least 4 members (excludes halogenated alkanes) is 3. The number of nitrogens with one attached hydrogen (secondary N) is 1. The molecule has 0 bridgehead atoms. The fourth-order valence-corrected chi connectivity index (χ4v) is 2.32. The zero-order chi connectivity index (χ0) is 12.1. The number of aldehydes is 1. The van der Waals surface area contributed by atoms with Crippen LogP contribution in [0.5, 0.6) is 0 Å². The van der Waals surface area contributed by atoms with Gasteiger partial charge in [-0.3, -0.25) is 4.79 Å². The van der Waals surface area contributed by atoms with E-state index in [1.54, 1.807) is 0 Å². The predicted octanol–water partition coefficient (Wildman–Crippen LogP) is 4.10. The Morgan fingerprint density at radius 3 is 2.76 bits per heavy atom. The van der Waals surface area contributed by atoms with Crippen LogP contribution in [0.1, 0.15) is 48.7 Å². The van der Waals surface area contributed by atoms with Gasteiger partial charge in [-0.2, -0.15) is 0 Å². The molecule has 1 aromatic heterocycles. The number of benzene rings is 1. The lowest BCUT2D eigenvalue weighted by Gasteiger charge is -2.00. The van der Waals surface area contributed by atoms with Crippen molar-refractivity contribution in [2.75, 3.05) is 0 Å². The predicted molar refractivity (Wildman–Crippen MR) is 71.5 cm³/mol. The van der Waals surface area contributed by atoms with Crippen LogP contribution >= 0.6 is 0 Å². The summed E-state index contributed by atoms with van der Waals surface area (Å²) in [4.78, 5) is 14.2. The Kier molecular flexibility index (Phi) is 3.97. The second-order valence-electron chi connectivity index (χ2n) is 4.49. The topological polar surface area (TPSA) is 32.9 Å². The van der Waals surface area contributed by atoms with Gasteiger partial charge in [-0.1, -0.05) is 44.4 Å². The van der Waals surface area contributed by atoms with Gasteiger partial charge >= 0.3 is 0 Å². The van der Waals surface area contributed by atoms with E-state index in [0.29, 0.717) is 0 Å². The van der Waals surface area contributed by atoms with E-state index >= 15 is 0 Å². The van der Waals surface area contributed by atoms with Crippen LogP contribution in [-0.4, -0.2) is 11.3 Å². The molecule has 2 nitrogen and oxygen atoms in total. The number of aromatic amines is 1. The first kappa shape index (κ1) is 11.9. The lowest BCUT2D eigenvalue weighted by molar-refractivity contribution is 0.111. The first-order valence-electron chi connectivity index (χ1n) is 6.41. The van der Waals surface area contributed by atoms with Crippen LogP contribution < -0.4 is 0 Å². The lowest BCUT2D eigenvalue weighted by Crippen LogP contribution is -1.90. The highest BCUT2D eigenvalue weighted by atomic mass is 16.1. The second kappa shape index (κ2) is 5.67. The monoisotopic (exact) mass is 229 g/mol. The van der Waals surface area contributed by atoms with Crippen LogP contribution in [0.25, 0.3) is 10.9 Å². The van der Waals surface area contributed by atoms with E-state index < -0.39 is 0 Å². The van der Waals surface area contributed by atoms with Crippen molar-refractivity contribution in [2.45, 2.75) is 39.0 Å². The van der Waals surface area contributed by atoms with E-state index in [0.717, 1.165) is 30.3 Å². The summed E-state index contributed by atoms with van der Waals surface area (Å²) in [5, 5.41) is 1.20. The number of hydrogen-bond donors (Lipinski definition) is 1. The summed E-state index contributed by atoms with van der Waals surface area (Å²) in [5.41, 5.74) is 3.01. The number of aryl methyl sites for hydroxylation is 1. The summed E-state index contributed by atoms with van der Waals surface area (Å²) >= 11 is 0. The third kappa shape index (κ3) is 2.57. The van der Waals surface area contributed by atoms with Gasteiger partial charge in [0.15, 0.2) is 6.29 Å². The Morgan fingerprint density at radius 1 is 1.18 bits per heavy atom. The number of carbonyl (C=O) groups excluding carboxylic acids is 1. The number of aromatic nitrogens is 1. The Labute approximate surface area is 102 Å². The average molecular weight is 229 g/mol. The first-order valence-corrected chi connectivity index (χ1v) is 6.41. The molecule has 0 fully saturated rings. The molecule has 1 aromatic carbocycles. The molecule has 2 aromatic rings. The van der Waals surface area contributed by atoms with Crippen LogP contribution in [-0.2, 0) is 6.42 Å². The molecule has 0 saturated carbocycles. The minimum absolute atomic E-state index is 0.752. The lowest BCUT2D eigenvalue weighted by atomic mass is 10.0. The maximum absolute atomic E-state index is 11.1. The molecule has 2 heteroatoms. The van der Waals surface area contributed by atoms with Crippen LogP contribution in [0.3, 0.4) is 0 Å². The summed E-state index contributed by atoms with van der Waals surface area (Å²) in [5.74, 6) is 0. The van der Waals surface area contributed by atoms with Gasteiger partial charge < -0.3 is 4.98 Å². The zero-order valence-corrected chi connectivity index (χ0v) is 10.3. The van der Waals surface area contributed by atoms with Crippen molar-refractivity contribution in [2.24, 2.45) is 0 Å². The summed E-state index contributed by atoms with van der Waals surface area (Å²) in [6.45, 7) is 2.21. The SMILES string of the molecule is CCCCCCc1c(C=O)[nH]c2ccccc12. The molecule has 0 spiro atoms. The highest BCUT2D eigenvalue weighted by Gasteiger charge is 2.09. The van der Waals surface area contributed by atoms with Gasteiger partial charge in [-0.25, -0.2) is 0 Å². The maximum Gasteiger partial charge on any atom is 0.166 e. The Balaban J connectivity index is 2.21. The van der Waals surface area contributed by atoms with Crippen molar-refractivity contribution in [3.8, 4) is 0 Å². The van der Waals surface area contributed by atoms with Crippen molar-refractivity contribution in [3.05, 3.63) is 35.5 Å². The molecule has 0 aliphatic carbocycles. The van der Waals surface area contributed by atoms with Gasteiger partial charge in [0.25, 0.3) is 0 Å². The Bertz CT molecular complexity index is 499. The van der Waals surface area contributed by atoms with Crippen molar-refractivity contribution in [1.82, 2.24) is 4.98 Å². The fourth-order valence-electron chi connectivity index (χ4n) is 2.32. The van der Waals surface area contributed by atoms with E-state index in [9.17, 15) is 4.79 Å². The van der Waals surface area contributed by atoms with E-state index in [1.165, 1.54) is 30.2 Å². The standard InChI is InChI=1S/C15H19NO/c1-2-3-4-5-8-13-12-9-6-7-10-14(12)16-15(13)11-17/h6-7,9-11,16H,2-5,8H2,1H3. The molecular weight excluding hydrogens is 210 g/mol. The fraction of sp³-hybridized carbons (Fsp3) is 0.400. The number of carbonyl (C=O) groups is 1. The molecule has 0 amide bonds. The van der Waals surface area contributed by atoms with Crippen LogP contribution in [0.15, 0.2) is 24.3 Å². The Morgan fingerprint density at radius 2 is 2.00 bits per heavy atom. The molecule has 0 unspecified atom stereocenters. The van der Waals surface area contributed by atoms with Crippen molar-refractivity contribution >= 4 is 17.2 Å². The number of rotatable bonds is 6. The molecule has 0 saturated heterocycles. The van der Waals surface area contributed by atoms with E-state index in [-0.39, 0.29) is 0 Å². The molecule has 1 N–H and O–H groups in total. The highest BCUT2D eigenvalue weighted by Crippen LogP contribution is 2.23. The summed E-state index contributed by atoms with van der Waals surface area (Å²) in [7, 11) is 0. The first-order chi connectivity index (χ1) is 8.36. The smallest absolute Gasteiger partial charge is 0.166 e. The van der Waals surface area contributed by atoms with Crippen molar-refractivity contribution in [1.29, 1.82) is 0 Å². The number of para-hydroxylation sites is 1. The van der Waals surface area contributed by atoms with Gasteiger partial charge in [-0.05, 0) is 24.5 Å². The highest BCUT2D eigenvalue weighted by molar-refractivity contribution is 5.92. The number of hydrogen-bond acceptors (Lipinski definition) is 1. The van der Waals surface area contributed by atoms with Crippen LogP contribution in [0, 0.1) is 0 Å².